The largest absolute Gasteiger partial charge is 1.00 e. The Bertz CT molecular complexity index is 137. The van der Waals surface area contributed by atoms with E-state index in [2.05, 4.69) is 13.7 Å². The molecule has 0 unspecified atom stereocenters. The van der Waals surface area contributed by atoms with E-state index in [4.69, 9.17) is 0 Å². The standard InChI is InChI=1S/3CH4.B4O7.2Na.10H2O/c;;;5-1-9-3(7)11-4(8)10-2-6;;;;;;;;;;;;/h3*1H4;;;;10*1H2/q;;;-2;2*+1;;;;;;;;;;. The van der Waals surface area contributed by atoms with Crippen molar-refractivity contribution in [3.63, 3.8) is 0 Å². The maximum atomic E-state index is 10.1. The molecule has 0 aliphatic rings. The minimum absolute atomic E-state index is 0. The summed E-state index contributed by atoms with van der Waals surface area (Å²) in [6.07, 6.45) is 0. The molecule has 0 aliphatic carbocycles. The summed E-state index contributed by atoms with van der Waals surface area (Å²) in [4.78, 5) is 0. The molecule has 0 radical (unpaired) electrons. The third kappa shape index (κ3) is 119. The van der Waals surface area contributed by atoms with Gasteiger partial charge in [0.05, 0.1) is 0 Å². The molecular weight excluding hydrogens is 397 g/mol. The van der Waals surface area contributed by atoms with E-state index in [1.165, 1.54) is 0 Å². The van der Waals surface area contributed by atoms with Crippen molar-refractivity contribution in [2.45, 2.75) is 22.3 Å². The van der Waals surface area contributed by atoms with Crippen molar-refractivity contribution in [3.05, 3.63) is 0 Å². The van der Waals surface area contributed by atoms with E-state index in [1.807, 2.05) is 0 Å². The Kier molecular flexibility index (Phi) is 659. The smallest absolute Gasteiger partial charge is 1.00 e. The van der Waals surface area contributed by atoms with E-state index in [1.54, 1.807) is 0 Å². The van der Waals surface area contributed by atoms with E-state index in [0.29, 0.717) is 0 Å². The summed E-state index contributed by atoms with van der Waals surface area (Å²) < 4.78 is 29.8. The number of hydrogen-bond donors (Lipinski definition) is 0. The van der Waals surface area contributed by atoms with Gasteiger partial charge in [0.15, 0.2) is 0 Å². The average Bonchev–Trinajstić information content (AvgIpc) is 1.87. The molecule has 0 saturated carbocycles. The maximum absolute atomic E-state index is 10.1. The molecule has 0 rings (SSSR count). The van der Waals surface area contributed by atoms with Crippen molar-refractivity contribution in [1.82, 2.24) is 0 Å². The van der Waals surface area contributed by atoms with Crippen LogP contribution in [-0.4, -0.2) is 84.1 Å². The minimum Gasteiger partial charge on any atom is 1.00 e. The summed E-state index contributed by atoms with van der Waals surface area (Å²) in [5, 5.41) is 20.3. The molecule has 0 heterocycles. The van der Waals surface area contributed by atoms with Crippen LogP contribution in [0.4, 0.5) is 0 Å². The molecule has 20 N–H and O–H groups in total. The first-order chi connectivity index (χ1) is 5.20. The molecule has 0 amide bonds. The molecule has 17 nitrogen and oxygen atoms in total. The van der Waals surface area contributed by atoms with Crippen LogP contribution in [0.1, 0.15) is 22.3 Å². The second-order valence-corrected chi connectivity index (χ2v) is 1.18. The van der Waals surface area contributed by atoms with Gasteiger partial charge in [0.25, 0.3) is 0 Å². The van der Waals surface area contributed by atoms with Crippen LogP contribution < -0.4 is 69.2 Å². The van der Waals surface area contributed by atoms with Gasteiger partial charge >= 0.3 is 122 Å². The molecule has 0 spiro atoms. The van der Waals surface area contributed by atoms with Gasteiger partial charge in [-0.3, -0.25) is 0 Å². The monoisotopic (exact) mass is 430 g/mol. The van der Waals surface area contributed by atoms with Crippen LogP contribution in [0.25, 0.3) is 0 Å². The van der Waals surface area contributed by atoms with Crippen LogP contribution in [0, 0.1) is 0 Å². The first-order valence-corrected chi connectivity index (χ1v) is 2.36. The Balaban J connectivity index is -0.00000000476. The molecule has 0 aromatic heterocycles. The first-order valence-electron chi connectivity index (χ1n) is 2.36. The van der Waals surface area contributed by atoms with Gasteiger partial charge in [-0.05, 0) is 0 Å². The van der Waals surface area contributed by atoms with E-state index in [-0.39, 0.29) is 151 Å². The third-order valence-electron chi connectivity index (χ3n) is 0.556. The van der Waals surface area contributed by atoms with E-state index in [9.17, 15) is 19.5 Å². The zero-order valence-electron chi connectivity index (χ0n) is 12.2. The molecule has 160 valence electrons. The summed E-state index contributed by atoms with van der Waals surface area (Å²) in [6, 6.07) is 0. The zero-order chi connectivity index (χ0) is 8.69. The fraction of sp³-hybridized carbons (Fsp3) is 1.00. The first kappa shape index (κ1) is 151. The topological polar surface area (TPSA) is 423 Å². The maximum Gasteiger partial charge on any atom is 1.00 e. The quantitative estimate of drug-likeness (QED) is 0.366. The third-order valence-corrected chi connectivity index (χ3v) is 0.556. The van der Waals surface area contributed by atoms with Gasteiger partial charge in [0, 0.05) is 0 Å². The Morgan fingerprint density at radius 3 is 0.808 bits per heavy atom. The Morgan fingerprint density at radius 1 is 0.538 bits per heavy atom. The van der Waals surface area contributed by atoms with Crippen molar-refractivity contribution < 1.29 is 147 Å². The molecule has 0 saturated heterocycles. The van der Waals surface area contributed by atoms with Gasteiger partial charge in [-0.25, -0.2) is 0 Å². The predicted octanol–water partition coefficient (Wildman–Crippen LogP) is -16.7. The second kappa shape index (κ2) is 113. The van der Waals surface area contributed by atoms with Crippen LogP contribution >= 0.6 is 0 Å². The van der Waals surface area contributed by atoms with Crippen molar-refractivity contribution in [2.75, 3.05) is 0 Å². The van der Waals surface area contributed by atoms with Crippen LogP contribution in [0.5, 0.6) is 0 Å². The molecule has 0 bridgehead atoms. The molecule has 0 aromatic rings. The van der Waals surface area contributed by atoms with Crippen LogP contribution in [0.3, 0.4) is 0 Å². The normalized spacial score (nSPS) is 3.15. The van der Waals surface area contributed by atoms with Crippen LogP contribution in [0.2, 0.25) is 0 Å². The predicted molar refractivity (Wildman–Crippen MR) is 84.0 cm³/mol. The van der Waals surface area contributed by atoms with E-state index in [0.717, 1.165) is 0 Å². The van der Waals surface area contributed by atoms with Crippen molar-refractivity contribution >= 4 is 29.3 Å². The fourth-order valence-electron chi connectivity index (χ4n) is 0.246. The number of hydrogen-bond acceptors (Lipinski definition) is 7. The zero-order valence-corrected chi connectivity index (χ0v) is 16.2. The summed E-state index contributed by atoms with van der Waals surface area (Å²) in [5.74, 6) is 0. The van der Waals surface area contributed by atoms with Crippen molar-refractivity contribution in [1.29, 1.82) is 0 Å². The number of rotatable bonds is 6. The molecule has 0 aromatic carbocycles. The van der Waals surface area contributed by atoms with Gasteiger partial charge in [-0.15, -0.1) is 0 Å². The molecule has 26 heavy (non-hydrogen) atoms. The average molecular weight is 430 g/mol. The minimum atomic E-state index is -2.27. The summed E-state index contributed by atoms with van der Waals surface area (Å²) in [6.45, 7) is 0. The molecule has 0 fully saturated rings. The molecule has 0 atom stereocenters. The SMILES string of the molecule is C.C.C.O.O.O.O.O.O.O.O.O.O.O=BOB([O-])OB([O-])OB=O.[Na+].[Na+]. The van der Waals surface area contributed by atoms with Crippen molar-refractivity contribution in [3.8, 4) is 0 Å². The Morgan fingerprint density at radius 2 is 0.692 bits per heavy atom. The second-order valence-electron chi connectivity index (χ2n) is 1.18. The summed E-state index contributed by atoms with van der Waals surface area (Å²) in [5.41, 5.74) is 0. The van der Waals surface area contributed by atoms with E-state index < -0.39 is 14.6 Å². The van der Waals surface area contributed by atoms with E-state index >= 15 is 0 Å². The molecular formula is C3H32B4Na2O17. The summed E-state index contributed by atoms with van der Waals surface area (Å²) >= 11 is 0. The van der Waals surface area contributed by atoms with Crippen molar-refractivity contribution in [2.24, 2.45) is 0 Å². The van der Waals surface area contributed by atoms with Crippen LogP contribution in [-0.2, 0) is 23.1 Å². The van der Waals surface area contributed by atoms with Crippen LogP contribution in [0.15, 0.2) is 0 Å². The Labute approximate surface area is 197 Å². The van der Waals surface area contributed by atoms with Gasteiger partial charge < -0.3 is 54.8 Å². The Hall–Kier alpha value is 0.940. The molecule has 0 aliphatic heterocycles. The van der Waals surface area contributed by atoms with Gasteiger partial charge in [-0.2, -0.15) is 0 Å². The van der Waals surface area contributed by atoms with Gasteiger partial charge in [0.1, 0.15) is 0 Å². The van der Waals surface area contributed by atoms with Gasteiger partial charge in [-0.1, -0.05) is 22.3 Å². The van der Waals surface area contributed by atoms with Gasteiger partial charge in [0.2, 0.25) is 0 Å². The summed E-state index contributed by atoms with van der Waals surface area (Å²) in [7, 11) is -4.92. The molecule has 23 heteroatoms. The fourth-order valence-corrected chi connectivity index (χ4v) is 0.246.